The summed E-state index contributed by atoms with van der Waals surface area (Å²) in [5.41, 5.74) is 8.19. The molecule has 2 N–H and O–H groups in total. The SMILES string of the molecule is NCc1ccc(N2CCCCCCC2)cc1. The Morgan fingerprint density at radius 3 is 2.00 bits per heavy atom. The normalized spacial score (nSPS) is 17.9. The maximum Gasteiger partial charge on any atom is 0.0366 e. The Morgan fingerprint density at radius 1 is 0.875 bits per heavy atom. The van der Waals surface area contributed by atoms with E-state index >= 15 is 0 Å². The molecule has 0 spiro atoms. The quantitative estimate of drug-likeness (QED) is 0.827. The molecule has 0 radical (unpaired) electrons. The van der Waals surface area contributed by atoms with Gasteiger partial charge in [-0.1, -0.05) is 31.4 Å². The molecule has 0 amide bonds. The first kappa shape index (κ1) is 11.5. The molecule has 2 heteroatoms. The number of rotatable bonds is 2. The van der Waals surface area contributed by atoms with E-state index in [2.05, 4.69) is 29.2 Å². The van der Waals surface area contributed by atoms with Crippen LogP contribution in [0, 0.1) is 0 Å². The summed E-state index contributed by atoms with van der Waals surface area (Å²) >= 11 is 0. The highest BCUT2D eigenvalue weighted by molar-refractivity contribution is 5.47. The third kappa shape index (κ3) is 2.99. The van der Waals surface area contributed by atoms with Crippen LogP contribution in [0.15, 0.2) is 24.3 Å². The molecule has 1 aromatic carbocycles. The minimum atomic E-state index is 0.639. The van der Waals surface area contributed by atoms with E-state index in [1.165, 1.54) is 56.4 Å². The Bertz CT molecular complexity index is 297. The van der Waals surface area contributed by atoms with Crippen molar-refractivity contribution >= 4 is 5.69 Å². The van der Waals surface area contributed by atoms with Crippen LogP contribution in [0.2, 0.25) is 0 Å². The van der Waals surface area contributed by atoms with Gasteiger partial charge in [-0.3, -0.25) is 0 Å². The largest absolute Gasteiger partial charge is 0.372 e. The van der Waals surface area contributed by atoms with Gasteiger partial charge in [0.1, 0.15) is 0 Å². The van der Waals surface area contributed by atoms with Gasteiger partial charge in [0.25, 0.3) is 0 Å². The van der Waals surface area contributed by atoms with Crippen molar-refractivity contribution < 1.29 is 0 Å². The molecule has 1 heterocycles. The molecular formula is C14H22N2. The number of anilines is 1. The lowest BCUT2D eigenvalue weighted by Crippen LogP contribution is -2.26. The molecule has 88 valence electrons. The predicted octanol–water partition coefficient (Wildman–Crippen LogP) is 2.92. The van der Waals surface area contributed by atoms with Crippen molar-refractivity contribution in [1.29, 1.82) is 0 Å². The summed E-state index contributed by atoms with van der Waals surface area (Å²) in [4.78, 5) is 2.51. The molecule has 1 aliphatic rings. The van der Waals surface area contributed by atoms with Crippen molar-refractivity contribution in [2.24, 2.45) is 5.73 Å². The maximum absolute atomic E-state index is 5.61. The summed E-state index contributed by atoms with van der Waals surface area (Å²) in [7, 11) is 0. The minimum Gasteiger partial charge on any atom is -0.372 e. The summed E-state index contributed by atoms with van der Waals surface area (Å²) in [5, 5.41) is 0. The van der Waals surface area contributed by atoms with Crippen molar-refractivity contribution in [3.8, 4) is 0 Å². The number of benzene rings is 1. The smallest absolute Gasteiger partial charge is 0.0366 e. The van der Waals surface area contributed by atoms with Crippen LogP contribution >= 0.6 is 0 Å². The van der Waals surface area contributed by atoms with Gasteiger partial charge in [0.05, 0.1) is 0 Å². The molecule has 0 atom stereocenters. The van der Waals surface area contributed by atoms with Crippen LogP contribution < -0.4 is 10.6 Å². The summed E-state index contributed by atoms with van der Waals surface area (Å²) in [6.07, 6.45) is 6.85. The second kappa shape index (κ2) is 5.90. The Kier molecular flexibility index (Phi) is 4.23. The first-order valence-corrected chi connectivity index (χ1v) is 6.44. The molecule has 16 heavy (non-hydrogen) atoms. The van der Waals surface area contributed by atoms with Gasteiger partial charge in [-0.2, -0.15) is 0 Å². The Balaban J connectivity index is 2.02. The zero-order valence-electron chi connectivity index (χ0n) is 9.99. The van der Waals surface area contributed by atoms with E-state index < -0.39 is 0 Å². The second-order valence-corrected chi connectivity index (χ2v) is 4.63. The Hall–Kier alpha value is -1.02. The van der Waals surface area contributed by atoms with Crippen LogP contribution in [-0.4, -0.2) is 13.1 Å². The molecule has 1 aromatic rings. The molecular weight excluding hydrogens is 196 g/mol. The van der Waals surface area contributed by atoms with Crippen LogP contribution in [0.4, 0.5) is 5.69 Å². The fourth-order valence-corrected chi connectivity index (χ4v) is 2.35. The van der Waals surface area contributed by atoms with E-state index in [0.29, 0.717) is 6.54 Å². The summed E-state index contributed by atoms with van der Waals surface area (Å²) < 4.78 is 0. The van der Waals surface area contributed by atoms with Crippen molar-refractivity contribution in [2.45, 2.75) is 38.6 Å². The average Bonchev–Trinajstić information content (AvgIpc) is 2.29. The van der Waals surface area contributed by atoms with Crippen LogP contribution in [0.25, 0.3) is 0 Å². The maximum atomic E-state index is 5.61. The molecule has 1 saturated heterocycles. The topological polar surface area (TPSA) is 29.3 Å². The highest BCUT2D eigenvalue weighted by Gasteiger charge is 2.08. The first-order valence-electron chi connectivity index (χ1n) is 6.44. The zero-order chi connectivity index (χ0) is 11.2. The van der Waals surface area contributed by atoms with E-state index in [1.54, 1.807) is 0 Å². The highest BCUT2D eigenvalue weighted by Crippen LogP contribution is 2.19. The second-order valence-electron chi connectivity index (χ2n) is 4.63. The van der Waals surface area contributed by atoms with Gasteiger partial charge in [0.15, 0.2) is 0 Å². The van der Waals surface area contributed by atoms with Gasteiger partial charge >= 0.3 is 0 Å². The predicted molar refractivity (Wildman–Crippen MR) is 69.6 cm³/mol. The van der Waals surface area contributed by atoms with E-state index in [9.17, 15) is 0 Å². The van der Waals surface area contributed by atoms with Crippen molar-refractivity contribution in [2.75, 3.05) is 18.0 Å². The van der Waals surface area contributed by atoms with Crippen LogP contribution in [0.5, 0.6) is 0 Å². The fraction of sp³-hybridized carbons (Fsp3) is 0.571. The molecule has 0 saturated carbocycles. The van der Waals surface area contributed by atoms with Crippen LogP contribution in [0.1, 0.15) is 37.7 Å². The van der Waals surface area contributed by atoms with Crippen molar-refractivity contribution in [3.63, 3.8) is 0 Å². The van der Waals surface area contributed by atoms with E-state index in [1.807, 2.05) is 0 Å². The summed E-state index contributed by atoms with van der Waals surface area (Å²) in [6.45, 7) is 3.06. The lowest BCUT2D eigenvalue weighted by Gasteiger charge is -2.27. The van der Waals surface area contributed by atoms with Crippen LogP contribution in [-0.2, 0) is 6.54 Å². The van der Waals surface area contributed by atoms with E-state index in [4.69, 9.17) is 5.73 Å². The number of hydrogen-bond donors (Lipinski definition) is 1. The van der Waals surface area contributed by atoms with Gasteiger partial charge in [-0.25, -0.2) is 0 Å². The van der Waals surface area contributed by atoms with Gasteiger partial charge in [-0.05, 0) is 30.5 Å². The Morgan fingerprint density at radius 2 is 1.44 bits per heavy atom. The average molecular weight is 218 g/mol. The van der Waals surface area contributed by atoms with Gasteiger partial charge in [0, 0.05) is 25.3 Å². The van der Waals surface area contributed by atoms with E-state index in [0.717, 1.165) is 0 Å². The lowest BCUT2D eigenvalue weighted by atomic mass is 10.1. The molecule has 1 fully saturated rings. The molecule has 0 bridgehead atoms. The molecule has 1 aliphatic heterocycles. The molecule has 0 unspecified atom stereocenters. The standard InChI is InChI=1S/C14H22N2/c15-12-13-6-8-14(9-7-13)16-10-4-2-1-3-5-11-16/h6-9H,1-5,10-12,15H2. The molecule has 2 rings (SSSR count). The van der Waals surface area contributed by atoms with Crippen molar-refractivity contribution in [3.05, 3.63) is 29.8 Å². The van der Waals surface area contributed by atoms with Gasteiger partial charge in [0.2, 0.25) is 0 Å². The number of hydrogen-bond acceptors (Lipinski definition) is 2. The zero-order valence-corrected chi connectivity index (χ0v) is 9.99. The fourth-order valence-electron chi connectivity index (χ4n) is 2.35. The third-order valence-electron chi connectivity index (χ3n) is 3.39. The molecule has 2 nitrogen and oxygen atoms in total. The number of nitrogens with zero attached hydrogens (tertiary/aromatic N) is 1. The minimum absolute atomic E-state index is 0.639. The van der Waals surface area contributed by atoms with Crippen molar-refractivity contribution in [1.82, 2.24) is 0 Å². The van der Waals surface area contributed by atoms with Gasteiger partial charge < -0.3 is 10.6 Å². The van der Waals surface area contributed by atoms with E-state index in [-0.39, 0.29) is 0 Å². The summed E-state index contributed by atoms with van der Waals surface area (Å²) in [6, 6.07) is 8.72. The molecule has 0 aliphatic carbocycles. The van der Waals surface area contributed by atoms with Crippen LogP contribution in [0.3, 0.4) is 0 Å². The first-order chi connectivity index (χ1) is 7.90. The van der Waals surface area contributed by atoms with Gasteiger partial charge in [-0.15, -0.1) is 0 Å². The lowest BCUT2D eigenvalue weighted by molar-refractivity contribution is 0.556. The number of nitrogens with two attached hydrogens (primary N) is 1. The monoisotopic (exact) mass is 218 g/mol. The Labute approximate surface area is 98.4 Å². The third-order valence-corrected chi connectivity index (χ3v) is 3.39. The molecule has 0 aromatic heterocycles. The highest BCUT2D eigenvalue weighted by atomic mass is 15.1. The summed E-state index contributed by atoms with van der Waals surface area (Å²) in [5.74, 6) is 0.